The van der Waals surface area contributed by atoms with Crippen molar-refractivity contribution in [1.82, 2.24) is 0 Å². The molecule has 0 radical (unpaired) electrons. The molecule has 2 aliphatic rings. The maximum atomic E-state index is 2.59. The summed E-state index contributed by atoms with van der Waals surface area (Å²) in [6.45, 7) is 4.81. The van der Waals surface area contributed by atoms with Crippen molar-refractivity contribution in [3.63, 3.8) is 0 Å². The Bertz CT molecular complexity index is 873. The van der Waals surface area contributed by atoms with E-state index < -0.39 is 0 Å². The lowest BCUT2D eigenvalue weighted by Crippen LogP contribution is -2.20. The van der Waals surface area contributed by atoms with Gasteiger partial charge >= 0.3 is 0 Å². The molecule has 1 aromatic carbocycles. The average Bonchev–Trinajstić information content (AvgIpc) is 3.29. The maximum Gasteiger partial charge on any atom is 0.0447 e. The Morgan fingerprint density at radius 3 is 1.87 bits per heavy atom. The Kier molecular flexibility index (Phi) is 15.2. The first-order valence-corrected chi connectivity index (χ1v) is 18.0. The molecule has 0 aliphatic heterocycles. The van der Waals surface area contributed by atoms with Gasteiger partial charge in [0.25, 0.3) is 0 Å². The number of hydrogen-bond donors (Lipinski definition) is 0. The molecule has 0 spiro atoms. The van der Waals surface area contributed by atoms with Crippen LogP contribution in [0.4, 0.5) is 0 Å². The van der Waals surface area contributed by atoms with Crippen molar-refractivity contribution in [3.8, 4) is 0 Å². The number of unbranched alkanes of at least 4 members (excludes halogenated alkanes) is 15. The third kappa shape index (κ3) is 12.1. The molecule has 0 amide bonds. The van der Waals surface area contributed by atoms with Gasteiger partial charge < -0.3 is 0 Å². The van der Waals surface area contributed by atoms with Crippen LogP contribution in [0.5, 0.6) is 0 Å². The predicted molar refractivity (Wildman–Crippen MR) is 174 cm³/mol. The molecule has 1 heteroatoms. The van der Waals surface area contributed by atoms with Crippen molar-refractivity contribution in [2.24, 2.45) is 0 Å². The highest BCUT2D eigenvalue weighted by atomic mass is 28.2. The molecule has 0 saturated heterocycles. The van der Waals surface area contributed by atoms with Crippen molar-refractivity contribution in [2.45, 2.75) is 146 Å². The lowest BCUT2D eigenvalue weighted by molar-refractivity contribution is 0.529. The van der Waals surface area contributed by atoms with E-state index in [1.54, 1.807) is 11.1 Å². The number of allylic oxidation sites excluding steroid dienone is 8. The molecule has 0 N–H and O–H groups in total. The molecule has 38 heavy (non-hydrogen) atoms. The second-order valence-electron chi connectivity index (χ2n) is 12.6. The van der Waals surface area contributed by atoms with Crippen LogP contribution in [-0.2, 0) is 6.42 Å². The Labute approximate surface area is 239 Å². The standard InChI is InChI=1S/C37H58Si/c1-3-4-5-6-7-8-9-10-11-12-13-14-15-16-17-22-27-35-34(32-33-25-20-18-21-26-33)28-29-36(35)38-37(2)30-23-19-24-31-37/h18-21,23-26,28-30,36H,3-17,22,27,31-32,38H2,1-2H3. The second kappa shape index (κ2) is 18.6. The molecular weight excluding hydrogens is 472 g/mol. The minimum absolute atomic E-state index is 0.273. The lowest BCUT2D eigenvalue weighted by atomic mass is 9.97. The van der Waals surface area contributed by atoms with Crippen LogP contribution in [0.3, 0.4) is 0 Å². The van der Waals surface area contributed by atoms with Crippen molar-refractivity contribution in [1.29, 1.82) is 0 Å². The summed E-state index contributed by atoms with van der Waals surface area (Å²) >= 11 is 0. The summed E-state index contributed by atoms with van der Waals surface area (Å²) in [5.41, 5.74) is 5.65. The van der Waals surface area contributed by atoms with E-state index in [1.807, 2.05) is 0 Å². The van der Waals surface area contributed by atoms with Gasteiger partial charge in [0, 0.05) is 9.52 Å². The summed E-state index contributed by atoms with van der Waals surface area (Å²) < 4.78 is 0. The van der Waals surface area contributed by atoms with Crippen molar-refractivity contribution >= 4 is 9.52 Å². The van der Waals surface area contributed by atoms with Gasteiger partial charge in [0.1, 0.15) is 0 Å². The van der Waals surface area contributed by atoms with E-state index >= 15 is 0 Å². The van der Waals surface area contributed by atoms with E-state index in [0.717, 1.165) is 12.0 Å². The SMILES string of the molecule is CCCCCCCCCCCCCCCCCCC1=C(Cc2ccccc2)C=CC1[SiH2]C1(C)C=CC=CC1. The quantitative estimate of drug-likeness (QED) is 0.109. The van der Waals surface area contributed by atoms with E-state index in [-0.39, 0.29) is 9.52 Å². The van der Waals surface area contributed by atoms with Crippen molar-refractivity contribution < 1.29 is 0 Å². The van der Waals surface area contributed by atoms with Gasteiger partial charge in [-0.15, -0.1) is 0 Å². The van der Waals surface area contributed by atoms with Crippen LogP contribution in [0.2, 0.25) is 10.6 Å². The van der Waals surface area contributed by atoms with E-state index in [2.05, 4.69) is 80.6 Å². The van der Waals surface area contributed by atoms with Gasteiger partial charge in [0.2, 0.25) is 0 Å². The zero-order chi connectivity index (χ0) is 26.7. The molecular formula is C37H58Si. The first-order valence-electron chi connectivity index (χ1n) is 16.5. The van der Waals surface area contributed by atoms with Gasteiger partial charge in [-0.2, -0.15) is 0 Å². The summed E-state index contributed by atoms with van der Waals surface area (Å²) in [6, 6.07) is 11.1. The second-order valence-corrected chi connectivity index (χ2v) is 15.5. The Morgan fingerprint density at radius 2 is 1.32 bits per heavy atom. The van der Waals surface area contributed by atoms with Crippen LogP contribution in [0, 0.1) is 0 Å². The zero-order valence-corrected chi connectivity index (χ0v) is 26.5. The van der Waals surface area contributed by atoms with Crippen LogP contribution in [0.1, 0.15) is 135 Å². The van der Waals surface area contributed by atoms with E-state index in [9.17, 15) is 0 Å². The Hall–Kier alpha value is -1.60. The van der Waals surface area contributed by atoms with Gasteiger partial charge in [-0.1, -0.05) is 183 Å². The molecule has 2 unspecified atom stereocenters. The monoisotopic (exact) mass is 530 g/mol. The third-order valence-corrected chi connectivity index (χ3v) is 11.6. The summed E-state index contributed by atoms with van der Waals surface area (Å²) in [5.74, 6) is 0. The van der Waals surface area contributed by atoms with Crippen LogP contribution < -0.4 is 0 Å². The fourth-order valence-electron chi connectivity index (χ4n) is 6.51. The highest BCUT2D eigenvalue weighted by Crippen LogP contribution is 2.44. The minimum Gasteiger partial charge on any atom is -0.0840 e. The zero-order valence-electron chi connectivity index (χ0n) is 25.1. The highest BCUT2D eigenvalue weighted by Gasteiger charge is 2.30. The van der Waals surface area contributed by atoms with Crippen LogP contribution >= 0.6 is 0 Å². The molecule has 2 aliphatic carbocycles. The smallest absolute Gasteiger partial charge is 0.0447 e. The van der Waals surface area contributed by atoms with E-state index in [0.29, 0.717) is 5.04 Å². The van der Waals surface area contributed by atoms with Crippen molar-refractivity contribution in [3.05, 3.63) is 83.5 Å². The number of rotatable bonds is 21. The molecule has 0 bridgehead atoms. The number of benzene rings is 1. The lowest BCUT2D eigenvalue weighted by Gasteiger charge is -2.30. The number of hydrogen-bond acceptors (Lipinski definition) is 0. The molecule has 210 valence electrons. The fraction of sp³-hybridized carbons (Fsp3) is 0.622. The molecule has 0 fully saturated rings. The molecule has 3 rings (SSSR count). The molecule has 0 heterocycles. The highest BCUT2D eigenvalue weighted by molar-refractivity contribution is 6.45. The van der Waals surface area contributed by atoms with Crippen LogP contribution in [0.25, 0.3) is 0 Å². The Balaban J connectivity index is 1.31. The fourth-order valence-corrected chi connectivity index (χ4v) is 9.10. The van der Waals surface area contributed by atoms with Crippen LogP contribution in [-0.4, -0.2) is 9.52 Å². The molecule has 0 aromatic heterocycles. The topological polar surface area (TPSA) is 0 Å². The molecule has 2 atom stereocenters. The normalized spacial score (nSPS) is 20.9. The predicted octanol–water partition coefficient (Wildman–Crippen LogP) is 11.4. The molecule has 0 saturated carbocycles. The van der Waals surface area contributed by atoms with Gasteiger partial charge in [0.05, 0.1) is 0 Å². The summed E-state index contributed by atoms with van der Waals surface area (Å²) in [5, 5.41) is 0.436. The molecule has 1 aromatic rings. The molecule has 0 nitrogen and oxygen atoms in total. The van der Waals surface area contributed by atoms with E-state index in [1.165, 1.54) is 121 Å². The average molecular weight is 531 g/mol. The van der Waals surface area contributed by atoms with Crippen LogP contribution in [0.15, 0.2) is 77.9 Å². The minimum atomic E-state index is -0.273. The van der Waals surface area contributed by atoms with Gasteiger partial charge in [0.15, 0.2) is 0 Å². The van der Waals surface area contributed by atoms with Crippen molar-refractivity contribution in [2.75, 3.05) is 0 Å². The van der Waals surface area contributed by atoms with E-state index in [4.69, 9.17) is 0 Å². The largest absolute Gasteiger partial charge is 0.0840 e. The van der Waals surface area contributed by atoms with Gasteiger partial charge in [-0.25, -0.2) is 0 Å². The maximum absolute atomic E-state index is 2.59. The van der Waals surface area contributed by atoms with Gasteiger partial charge in [-0.3, -0.25) is 0 Å². The first-order chi connectivity index (χ1) is 18.7. The Morgan fingerprint density at radius 1 is 0.737 bits per heavy atom. The summed E-state index contributed by atoms with van der Waals surface area (Å²) in [6.07, 6.45) is 41.3. The van der Waals surface area contributed by atoms with Gasteiger partial charge in [-0.05, 0) is 47.4 Å². The summed E-state index contributed by atoms with van der Waals surface area (Å²) in [4.78, 5) is 0. The third-order valence-electron chi connectivity index (χ3n) is 8.94. The first kappa shape index (κ1) is 30.9. The summed E-state index contributed by atoms with van der Waals surface area (Å²) in [7, 11) is -0.273.